The second-order valence-corrected chi connectivity index (χ2v) is 5.01. The molecule has 6 nitrogen and oxygen atoms in total. The van der Waals surface area contributed by atoms with Crippen LogP contribution in [0.4, 0.5) is 8.78 Å². The molecule has 1 aliphatic heterocycles. The fraction of sp³-hybridized carbons (Fsp3) is 0.200. The maximum atomic E-state index is 12.3. The number of amidine groups is 1. The summed E-state index contributed by atoms with van der Waals surface area (Å²) in [5.74, 6) is -0.481. The van der Waals surface area contributed by atoms with E-state index in [0.29, 0.717) is 0 Å². The molecule has 1 N–H and O–H groups in total. The van der Waals surface area contributed by atoms with Crippen LogP contribution in [0.25, 0.3) is 0 Å². The predicted octanol–water partition coefficient (Wildman–Crippen LogP) is 0.850. The fourth-order valence-electron chi connectivity index (χ4n) is 1.61. The Bertz CT molecular complexity index is 680. The molecular weight excluding hydrogens is 280 g/mol. The van der Waals surface area contributed by atoms with Crippen LogP contribution in [0.15, 0.2) is 27.5 Å². The molecule has 0 aliphatic carbocycles. The van der Waals surface area contributed by atoms with Gasteiger partial charge in [0.15, 0.2) is 5.84 Å². The lowest BCUT2D eigenvalue weighted by Crippen LogP contribution is -2.24. The summed E-state index contributed by atoms with van der Waals surface area (Å²) in [7, 11) is -3.95. The molecule has 9 heteroatoms. The van der Waals surface area contributed by atoms with Gasteiger partial charge in [-0.05, 0) is 12.1 Å². The number of nitriles is 1. The minimum atomic E-state index is -3.95. The topological polar surface area (TPSA) is 91.5 Å². The summed E-state index contributed by atoms with van der Waals surface area (Å²) in [6.45, 7) is -3.30. The molecule has 1 heterocycles. The number of hydrogen-bond acceptors (Lipinski definition) is 5. The minimum absolute atomic E-state index is 0.0851. The monoisotopic (exact) mass is 287 g/mol. The number of rotatable bonds is 3. The zero-order valence-electron chi connectivity index (χ0n) is 9.30. The molecule has 100 valence electrons. The first-order valence-corrected chi connectivity index (χ1v) is 6.43. The lowest BCUT2D eigenvalue weighted by molar-refractivity contribution is -0.0501. The molecule has 0 aromatic heterocycles. The van der Waals surface area contributed by atoms with E-state index in [2.05, 4.69) is 14.5 Å². The summed E-state index contributed by atoms with van der Waals surface area (Å²) in [6.07, 6.45) is 0. The van der Waals surface area contributed by atoms with Crippen LogP contribution in [-0.4, -0.2) is 27.4 Å². The number of benzene rings is 1. The van der Waals surface area contributed by atoms with Crippen LogP contribution < -0.4 is 10.1 Å². The van der Waals surface area contributed by atoms with Crippen molar-refractivity contribution in [1.82, 2.24) is 5.32 Å². The Labute approximate surface area is 107 Å². The van der Waals surface area contributed by atoms with Crippen LogP contribution in [0.2, 0.25) is 0 Å². The molecule has 0 fully saturated rings. The van der Waals surface area contributed by atoms with Crippen molar-refractivity contribution in [3.8, 4) is 11.8 Å². The van der Waals surface area contributed by atoms with Crippen molar-refractivity contribution in [1.29, 1.82) is 5.26 Å². The van der Waals surface area contributed by atoms with E-state index in [-0.39, 0.29) is 28.6 Å². The third kappa shape index (κ3) is 2.48. The Morgan fingerprint density at radius 2 is 2.21 bits per heavy atom. The highest BCUT2D eigenvalue weighted by atomic mass is 32.2. The van der Waals surface area contributed by atoms with E-state index in [9.17, 15) is 17.2 Å². The molecule has 0 amide bonds. The zero-order chi connectivity index (χ0) is 14.0. The summed E-state index contributed by atoms with van der Waals surface area (Å²) in [5.41, 5.74) is -0.0851. The number of ether oxygens (including phenoxy) is 1. The largest absolute Gasteiger partial charge is 0.434 e. The summed E-state index contributed by atoms with van der Waals surface area (Å²) in [5, 5.41) is 10.9. The minimum Gasteiger partial charge on any atom is -0.434 e. The highest BCUT2D eigenvalue weighted by Gasteiger charge is 2.32. The van der Waals surface area contributed by atoms with Crippen molar-refractivity contribution in [3.05, 3.63) is 23.8 Å². The summed E-state index contributed by atoms with van der Waals surface area (Å²) >= 11 is 0. The number of nitrogens with one attached hydrogen (secondary N) is 1. The van der Waals surface area contributed by atoms with Crippen molar-refractivity contribution >= 4 is 15.9 Å². The van der Waals surface area contributed by atoms with Gasteiger partial charge in [-0.25, -0.2) is 0 Å². The molecular formula is C10H7F2N3O3S. The Morgan fingerprint density at radius 1 is 1.47 bits per heavy atom. The molecule has 0 atom stereocenters. The van der Waals surface area contributed by atoms with E-state index < -0.39 is 16.6 Å². The first kappa shape index (κ1) is 13.2. The standard InChI is InChI=1S/C10H7F2N3O3S/c11-10(12)18-6-2-1-3-7-8(6)9(14-5-4-13)15-19(7,16)17/h1-3,10H,5H2,(H,14,15). The number of halogens is 2. The van der Waals surface area contributed by atoms with Gasteiger partial charge in [-0.3, -0.25) is 0 Å². The van der Waals surface area contributed by atoms with Crippen molar-refractivity contribution in [2.45, 2.75) is 11.5 Å². The van der Waals surface area contributed by atoms with Crippen LogP contribution in [0.3, 0.4) is 0 Å². The van der Waals surface area contributed by atoms with Gasteiger partial charge in [0.1, 0.15) is 17.2 Å². The van der Waals surface area contributed by atoms with Crippen molar-refractivity contribution in [2.24, 2.45) is 4.40 Å². The molecule has 19 heavy (non-hydrogen) atoms. The van der Waals surface area contributed by atoms with Gasteiger partial charge >= 0.3 is 6.61 Å². The zero-order valence-corrected chi connectivity index (χ0v) is 10.1. The maximum Gasteiger partial charge on any atom is 0.387 e. The van der Waals surface area contributed by atoms with Gasteiger partial charge in [-0.1, -0.05) is 6.07 Å². The first-order chi connectivity index (χ1) is 8.95. The smallest absolute Gasteiger partial charge is 0.387 e. The van der Waals surface area contributed by atoms with E-state index >= 15 is 0 Å². The van der Waals surface area contributed by atoms with E-state index in [0.717, 1.165) is 0 Å². The summed E-state index contributed by atoms with van der Waals surface area (Å²) < 4.78 is 55.6. The molecule has 0 unspecified atom stereocenters. The van der Waals surface area contributed by atoms with Crippen LogP contribution >= 0.6 is 0 Å². The van der Waals surface area contributed by atoms with Crippen molar-refractivity contribution in [3.63, 3.8) is 0 Å². The van der Waals surface area contributed by atoms with Gasteiger partial charge in [0.2, 0.25) is 0 Å². The van der Waals surface area contributed by atoms with Crippen molar-refractivity contribution in [2.75, 3.05) is 6.54 Å². The third-order valence-corrected chi connectivity index (χ3v) is 3.58. The van der Waals surface area contributed by atoms with E-state index in [1.165, 1.54) is 18.2 Å². The van der Waals surface area contributed by atoms with E-state index in [1.54, 1.807) is 6.07 Å². The Kier molecular flexibility index (Phi) is 3.35. The second kappa shape index (κ2) is 4.81. The third-order valence-electron chi connectivity index (χ3n) is 2.27. The molecule has 0 saturated heterocycles. The Hall–Kier alpha value is -2.21. The lowest BCUT2D eigenvalue weighted by Gasteiger charge is -2.10. The predicted molar refractivity (Wildman–Crippen MR) is 60.4 cm³/mol. The van der Waals surface area contributed by atoms with Gasteiger partial charge < -0.3 is 10.1 Å². The molecule has 1 aromatic rings. The maximum absolute atomic E-state index is 12.3. The molecule has 0 saturated carbocycles. The molecule has 0 radical (unpaired) electrons. The molecule has 0 bridgehead atoms. The number of alkyl halides is 2. The fourth-order valence-corrected chi connectivity index (χ4v) is 2.81. The number of sulfonamides is 1. The van der Waals surface area contributed by atoms with Gasteiger partial charge in [-0.15, -0.1) is 4.40 Å². The van der Waals surface area contributed by atoms with Gasteiger partial charge in [0.05, 0.1) is 11.6 Å². The molecule has 2 rings (SSSR count). The van der Waals surface area contributed by atoms with Crippen molar-refractivity contribution < 1.29 is 21.9 Å². The number of fused-ring (bicyclic) bond motifs is 1. The van der Waals surface area contributed by atoms with Crippen LogP contribution in [0.5, 0.6) is 5.75 Å². The highest BCUT2D eigenvalue weighted by molar-refractivity contribution is 7.90. The lowest BCUT2D eigenvalue weighted by atomic mass is 10.2. The Morgan fingerprint density at radius 3 is 2.84 bits per heavy atom. The van der Waals surface area contributed by atoms with Crippen LogP contribution in [-0.2, 0) is 10.0 Å². The average molecular weight is 287 g/mol. The average Bonchev–Trinajstić information content (AvgIpc) is 2.59. The first-order valence-electron chi connectivity index (χ1n) is 4.99. The van der Waals surface area contributed by atoms with Gasteiger partial charge in [0, 0.05) is 0 Å². The van der Waals surface area contributed by atoms with E-state index in [4.69, 9.17) is 5.26 Å². The highest BCUT2D eigenvalue weighted by Crippen LogP contribution is 2.33. The second-order valence-electron chi connectivity index (χ2n) is 3.43. The van der Waals surface area contributed by atoms with Gasteiger partial charge in [-0.2, -0.15) is 22.5 Å². The summed E-state index contributed by atoms with van der Waals surface area (Å²) in [6, 6.07) is 5.45. The molecule has 0 spiro atoms. The normalized spacial score (nSPS) is 15.6. The quantitative estimate of drug-likeness (QED) is 0.832. The summed E-state index contributed by atoms with van der Waals surface area (Å²) in [4.78, 5) is -0.230. The molecule has 1 aliphatic rings. The number of hydrogen-bond donors (Lipinski definition) is 1. The van der Waals surface area contributed by atoms with Crippen LogP contribution in [0.1, 0.15) is 5.56 Å². The SMILES string of the molecule is N#CCNC1=NS(=O)(=O)c2cccc(OC(F)F)c21. The number of nitrogens with zero attached hydrogens (tertiary/aromatic N) is 2. The Balaban J connectivity index is 2.53. The van der Waals surface area contributed by atoms with E-state index in [1.807, 2.05) is 0 Å². The van der Waals surface area contributed by atoms with Crippen LogP contribution in [0, 0.1) is 11.3 Å². The molecule has 1 aromatic carbocycles. The van der Waals surface area contributed by atoms with Gasteiger partial charge in [0.25, 0.3) is 10.0 Å².